The Balaban J connectivity index is 2.18. The molecule has 1 amide bonds. The topological polar surface area (TPSA) is 77.8 Å². The molecule has 2 atom stereocenters. The summed E-state index contributed by atoms with van der Waals surface area (Å²) in [6.45, 7) is 0.394. The van der Waals surface area contributed by atoms with Crippen LogP contribution in [0.1, 0.15) is 23.2 Å². The van der Waals surface area contributed by atoms with Gasteiger partial charge in [0.1, 0.15) is 5.82 Å². The molecule has 0 unspecified atom stereocenters. The number of carboxylic acid groups (broad SMARTS) is 1. The highest BCUT2D eigenvalue weighted by molar-refractivity contribution is 5.95. The zero-order chi connectivity index (χ0) is 14.0. The lowest BCUT2D eigenvalue weighted by Crippen LogP contribution is -2.46. The van der Waals surface area contributed by atoms with Crippen LogP contribution in [-0.2, 0) is 4.79 Å². The maximum absolute atomic E-state index is 12.8. The van der Waals surface area contributed by atoms with Crippen LogP contribution in [0.5, 0.6) is 0 Å². The van der Waals surface area contributed by atoms with Gasteiger partial charge in [-0.1, -0.05) is 0 Å². The van der Waals surface area contributed by atoms with Gasteiger partial charge in [-0.2, -0.15) is 0 Å². The van der Waals surface area contributed by atoms with E-state index in [1.165, 1.54) is 29.2 Å². The van der Waals surface area contributed by atoms with E-state index in [-0.39, 0.29) is 11.5 Å². The van der Waals surface area contributed by atoms with Crippen LogP contribution < -0.4 is 0 Å². The summed E-state index contributed by atoms with van der Waals surface area (Å²) < 4.78 is 12.8. The number of amides is 1. The zero-order valence-corrected chi connectivity index (χ0v) is 10.1. The first-order valence-electron chi connectivity index (χ1n) is 5.98. The van der Waals surface area contributed by atoms with Crippen molar-refractivity contribution < 1.29 is 24.2 Å². The number of hydrogen-bond acceptors (Lipinski definition) is 3. The first-order chi connectivity index (χ1) is 9.00. The van der Waals surface area contributed by atoms with Crippen LogP contribution in [0.3, 0.4) is 0 Å². The van der Waals surface area contributed by atoms with Crippen molar-refractivity contribution in [3.05, 3.63) is 35.6 Å². The number of hydrogen-bond donors (Lipinski definition) is 2. The SMILES string of the molecule is O=C(O)[C@H](O)[C@@H]1CCCN1C(=O)c1ccc(F)cc1. The van der Waals surface area contributed by atoms with Crippen molar-refractivity contribution in [3.63, 3.8) is 0 Å². The second-order valence-corrected chi connectivity index (χ2v) is 4.50. The van der Waals surface area contributed by atoms with Gasteiger partial charge in [-0.3, -0.25) is 4.79 Å². The lowest BCUT2D eigenvalue weighted by atomic mass is 10.1. The second kappa shape index (κ2) is 5.36. The van der Waals surface area contributed by atoms with Crippen molar-refractivity contribution in [2.45, 2.75) is 25.0 Å². The summed E-state index contributed by atoms with van der Waals surface area (Å²) >= 11 is 0. The summed E-state index contributed by atoms with van der Waals surface area (Å²) in [6, 6.07) is 4.31. The average Bonchev–Trinajstić information content (AvgIpc) is 2.86. The largest absolute Gasteiger partial charge is 0.479 e. The summed E-state index contributed by atoms with van der Waals surface area (Å²) in [6.07, 6.45) is -0.505. The minimum Gasteiger partial charge on any atom is -0.479 e. The van der Waals surface area contributed by atoms with Gasteiger partial charge in [0.15, 0.2) is 6.10 Å². The number of carbonyl (C=O) groups is 2. The van der Waals surface area contributed by atoms with Crippen molar-refractivity contribution in [1.29, 1.82) is 0 Å². The summed E-state index contributed by atoms with van der Waals surface area (Å²) in [7, 11) is 0. The Hall–Kier alpha value is -1.95. The summed E-state index contributed by atoms with van der Waals surface area (Å²) in [5.41, 5.74) is 0.283. The molecule has 102 valence electrons. The molecule has 0 bridgehead atoms. The Bertz CT molecular complexity index is 488. The highest BCUT2D eigenvalue weighted by atomic mass is 19.1. The third-order valence-corrected chi connectivity index (χ3v) is 3.27. The summed E-state index contributed by atoms with van der Waals surface area (Å²) in [5, 5.41) is 18.4. The summed E-state index contributed by atoms with van der Waals surface area (Å²) in [4.78, 5) is 24.3. The van der Waals surface area contributed by atoms with Gasteiger partial charge in [0, 0.05) is 12.1 Å². The van der Waals surface area contributed by atoms with Crippen LogP contribution >= 0.6 is 0 Å². The van der Waals surface area contributed by atoms with Crippen molar-refractivity contribution in [1.82, 2.24) is 4.90 Å². The van der Waals surface area contributed by atoms with Crippen LogP contribution in [0.15, 0.2) is 24.3 Å². The van der Waals surface area contributed by atoms with Crippen molar-refractivity contribution in [2.24, 2.45) is 0 Å². The quantitative estimate of drug-likeness (QED) is 0.852. The minimum absolute atomic E-state index is 0.283. The van der Waals surface area contributed by atoms with Gasteiger partial charge in [0.25, 0.3) is 5.91 Å². The summed E-state index contributed by atoms with van der Waals surface area (Å²) in [5.74, 6) is -2.17. The second-order valence-electron chi connectivity index (χ2n) is 4.50. The molecule has 1 aromatic carbocycles. The normalized spacial score (nSPS) is 20.3. The molecule has 0 aromatic heterocycles. The standard InChI is InChI=1S/C13H14FNO4/c14-9-5-3-8(4-6-9)12(17)15-7-1-2-10(15)11(16)13(18)19/h3-6,10-11,16H,1-2,7H2,(H,18,19)/t10-,11+/m0/s1. The van der Waals surface area contributed by atoms with Crippen molar-refractivity contribution >= 4 is 11.9 Å². The molecule has 5 nitrogen and oxygen atoms in total. The van der Waals surface area contributed by atoms with Gasteiger partial charge in [-0.25, -0.2) is 9.18 Å². The molecular formula is C13H14FNO4. The van der Waals surface area contributed by atoms with Crippen molar-refractivity contribution in [2.75, 3.05) is 6.54 Å². The van der Waals surface area contributed by atoms with Crippen LogP contribution in [-0.4, -0.2) is 45.7 Å². The molecule has 1 aliphatic rings. The number of aliphatic carboxylic acids is 1. The zero-order valence-electron chi connectivity index (χ0n) is 10.1. The molecule has 0 aliphatic carbocycles. The van der Waals surface area contributed by atoms with E-state index in [0.29, 0.717) is 19.4 Å². The number of likely N-dealkylation sites (tertiary alicyclic amines) is 1. The predicted molar refractivity (Wildman–Crippen MR) is 64.1 cm³/mol. The number of carbonyl (C=O) groups excluding carboxylic acids is 1. The molecule has 2 N–H and O–H groups in total. The number of nitrogens with zero attached hydrogens (tertiary/aromatic N) is 1. The van der Waals surface area contributed by atoms with Gasteiger partial charge in [-0.05, 0) is 37.1 Å². The van der Waals surface area contributed by atoms with Gasteiger partial charge < -0.3 is 15.1 Å². The lowest BCUT2D eigenvalue weighted by Gasteiger charge is -2.26. The maximum Gasteiger partial charge on any atom is 0.334 e. The third kappa shape index (κ3) is 2.73. The fourth-order valence-electron chi connectivity index (χ4n) is 2.30. The fraction of sp³-hybridized carbons (Fsp3) is 0.385. The lowest BCUT2D eigenvalue weighted by molar-refractivity contribution is -0.149. The minimum atomic E-state index is -1.59. The van der Waals surface area contributed by atoms with Crippen LogP contribution in [0.25, 0.3) is 0 Å². The fourth-order valence-corrected chi connectivity index (χ4v) is 2.30. The molecule has 1 aromatic rings. The van der Waals surface area contributed by atoms with E-state index in [0.717, 1.165) is 0 Å². The Kier molecular flexibility index (Phi) is 3.80. The van der Waals surface area contributed by atoms with E-state index < -0.39 is 23.9 Å². The third-order valence-electron chi connectivity index (χ3n) is 3.27. The number of halogens is 1. The van der Waals surface area contributed by atoms with Crippen LogP contribution in [0, 0.1) is 5.82 Å². The maximum atomic E-state index is 12.8. The molecule has 0 radical (unpaired) electrons. The first-order valence-corrected chi connectivity index (χ1v) is 5.98. The van der Waals surface area contributed by atoms with Gasteiger partial charge in [0.05, 0.1) is 6.04 Å². The number of aliphatic hydroxyl groups excluding tert-OH is 1. The van der Waals surface area contributed by atoms with E-state index in [2.05, 4.69) is 0 Å². The number of aliphatic hydroxyl groups is 1. The highest BCUT2D eigenvalue weighted by Gasteiger charge is 2.37. The number of rotatable bonds is 3. The molecule has 0 saturated carbocycles. The Labute approximate surface area is 109 Å². The molecule has 1 saturated heterocycles. The molecule has 6 heteroatoms. The molecule has 2 rings (SSSR count). The monoisotopic (exact) mass is 267 g/mol. The first kappa shape index (κ1) is 13.5. The van der Waals surface area contributed by atoms with E-state index >= 15 is 0 Å². The smallest absolute Gasteiger partial charge is 0.334 e. The Morgan fingerprint density at radius 3 is 2.53 bits per heavy atom. The Morgan fingerprint density at radius 1 is 1.32 bits per heavy atom. The molecule has 19 heavy (non-hydrogen) atoms. The highest BCUT2D eigenvalue weighted by Crippen LogP contribution is 2.23. The van der Waals surface area contributed by atoms with Crippen LogP contribution in [0.4, 0.5) is 4.39 Å². The molecule has 0 spiro atoms. The van der Waals surface area contributed by atoms with Gasteiger partial charge in [0.2, 0.25) is 0 Å². The average molecular weight is 267 g/mol. The van der Waals surface area contributed by atoms with Gasteiger partial charge >= 0.3 is 5.97 Å². The molecule has 1 fully saturated rings. The van der Waals surface area contributed by atoms with Crippen molar-refractivity contribution in [3.8, 4) is 0 Å². The van der Waals surface area contributed by atoms with E-state index in [9.17, 15) is 19.1 Å². The van der Waals surface area contributed by atoms with E-state index in [4.69, 9.17) is 5.11 Å². The molecular weight excluding hydrogens is 253 g/mol. The molecule has 1 aliphatic heterocycles. The van der Waals surface area contributed by atoms with Gasteiger partial charge in [-0.15, -0.1) is 0 Å². The Morgan fingerprint density at radius 2 is 1.95 bits per heavy atom. The predicted octanol–water partition coefficient (Wildman–Crippen LogP) is 0.876. The van der Waals surface area contributed by atoms with Crippen LogP contribution in [0.2, 0.25) is 0 Å². The molecule has 1 heterocycles. The van der Waals surface area contributed by atoms with E-state index in [1.807, 2.05) is 0 Å². The van der Waals surface area contributed by atoms with E-state index in [1.54, 1.807) is 0 Å². The number of benzene rings is 1. The number of carboxylic acids is 1.